The molecular formula is C43H53NO8Si. The van der Waals surface area contributed by atoms with Gasteiger partial charge in [0.05, 0.1) is 38.3 Å². The number of rotatable bonds is 12. The number of fused-ring (bicyclic) bond motifs is 1. The van der Waals surface area contributed by atoms with E-state index in [-0.39, 0.29) is 23.8 Å². The number of hydrogen-bond donors (Lipinski definition) is 3. The van der Waals surface area contributed by atoms with Gasteiger partial charge in [0, 0.05) is 5.92 Å². The zero-order valence-corrected chi connectivity index (χ0v) is 32.9. The predicted octanol–water partition coefficient (Wildman–Crippen LogP) is 6.20. The monoisotopic (exact) mass is 739 g/mol. The maximum Gasteiger partial charge on any atom is 0.423 e. The van der Waals surface area contributed by atoms with Crippen LogP contribution in [-0.4, -0.2) is 72.9 Å². The van der Waals surface area contributed by atoms with Gasteiger partial charge in [0.2, 0.25) is 11.8 Å². The van der Waals surface area contributed by atoms with Crippen LogP contribution in [0.15, 0.2) is 89.5 Å². The average molecular weight is 740 g/mol. The number of aromatic hydroxyl groups is 1. The summed E-state index contributed by atoms with van der Waals surface area (Å²) in [5, 5.41) is 35.1. The summed E-state index contributed by atoms with van der Waals surface area (Å²) in [7, 11) is -1.96. The molecule has 1 fully saturated rings. The first kappa shape index (κ1) is 39.8. The molecule has 3 aromatic rings. The van der Waals surface area contributed by atoms with Gasteiger partial charge in [-0.3, -0.25) is 9.59 Å². The quantitative estimate of drug-likeness (QED) is 0.114. The van der Waals surface area contributed by atoms with Crippen molar-refractivity contribution in [2.75, 3.05) is 20.3 Å². The lowest BCUT2D eigenvalue weighted by molar-refractivity contribution is -0.137. The third kappa shape index (κ3) is 7.69. The normalized spacial score (nSPS) is 20.1. The van der Waals surface area contributed by atoms with Gasteiger partial charge in [0.15, 0.2) is 0 Å². The number of nitrogens with zero attached hydrogens (tertiary/aromatic N) is 1. The van der Waals surface area contributed by atoms with E-state index >= 15 is 0 Å². The number of benzene rings is 3. The van der Waals surface area contributed by atoms with Crippen molar-refractivity contribution in [3.8, 4) is 5.75 Å². The number of carbonyl (C=O) groups excluding carboxylic acids is 3. The Balaban J connectivity index is 1.59. The van der Waals surface area contributed by atoms with Crippen molar-refractivity contribution in [3.05, 3.63) is 106 Å². The summed E-state index contributed by atoms with van der Waals surface area (Å²) in [6.07, 6.45) is 1.58. The Kier molecular flexibility index (Phi) is 12.3. The Morgan fingerprint density at radius 2 is 1.55 bits per heavy atom. The van der Waals surface area contributed by atoms with Gasteiger partial charge < -0.3 is 24.5 Å². The number of phenols is 1. The molecule has 1 aliphatic carbocycles. The molecule has 282 valence electrons. The van der Waals surface area contributed by atoms with E-state index in [0.717, 1.165) is 46.2 Å². The topological polar surface area (TPSA) is 134 Å². The molecule has 53 heavy (non-hydrogen) atoms. The second kappa shape index (κ2) is 16.3. The number of methoxy groups -OCH3 is 1. The maximum absolute atomic E-state index is 13.7. The molecule has 10 heteroatoms. The molecule has 2 aliphatic rings. The fraction of sp³-hybridized carbons (Fsp3) is 0.419. The number of aryl methyl sites for hydroxylation is 2. The van der Waals surface area contributed by atoms with Crippen molar-refractivity contribution in [2.45, 2.75) is 78.4 Å². The van der Waals surface area contributed by atoms with Crippen molar-refractivity contribution in [1.82, 2.24) is 4.90 Å². The molecule has 0 aromatic heterocycles. The Bertz CT molecular complexity index is 1820. The van der Waals surface area contributed by atoms with Gasteiger partial charge in [-0.25, -0.2) is 4.79 Å². The van der Waals surface area contributed by atoms with Crippen molar-refractivity contribution >= 4 is 42.7 Å². The lowest BCUT2D eigenvalue weighted by Gasteiger charge is -2.44. The number of phenolic OH excluding ortho intramolecular Hbond substituents is 1. The minimum Gasteiger partial charge on any atom is -0.507 e. The average Bonchev–Trinajstić information content (AvgIpc) is 3.39. The van der Waals surface area contributed by atoms with E-state index in [2.05, 4.69) is 51.1 Å². The van der Waals surface area contributed by atoms with E-state index in [1.165, 1.54) is 0 Å². The Labute approximate surface area is 314 Å². The number of amides is 3. The number of aliphatic hydroxyl groups excluding tert-OH is 2. The van der Waals surface area contributed by atoms with Crippen molar-refractivity contribution < 1.29 is 38.9 Å². The molecular weight excluding hydrogens is 687 g/mol. The van der Waals surface area contributed by atoms with Gasteiger partial charge in [0.1, 0.15) is 5.75 Å². The lowest BCUT2D eigenvalue weighted by atomic mass is 9.68. The second-order valence-corrected chi connectivity index (χ2v) is 19.6. The molecule has 4 atom stereocenters. The van der Waals surface area contributed by atoms with E-state index in [4.69, 9.17) is 9.16 Å². The number of aliphatic hydroxyl groups is 2. The summed E-state index contributed by atoms with van der Waals surface area (Å²) >= 11 is 0. The van der Waals surface area contributed by atoms with Crippen LogP contribution in [0, 0.1) is 31.6 Å². The van der Waals surface area contributed by atoms with Gasteiger partial charge in [0.25, 0.3) is 8.32 Å². The number of likely N-dealkylation sites (tertiary alicyclic amines) is 1. The van der Waals surface area contributed by atoms with E-state index < -0.39 is 56.7 Å². The molecule has 1 aliphatic heterocycles. The van der Waals surface area contributed by atoms with Crippen molar-refractivity contribution in [2.24, 2.45) is 17.8 Å². The highest BCUT2D eigenvalue weighted by Crippen LogP contribution is 2.47. The van der Waals surface area contributed by atoms with Crippen LogP contribution in [0.5, 0.6) is 5.75 Å². The van der Waals surface area contributed by atoms with Crippen molar-refractivity contribution in [3.63, 3.8) is 0 Å². The van der Waals surface area contributed by atoms with Gasteiger partial charge in [-0.2, -0.15) is 4.90 Å². The smallest absolute Gasteiger partial charge is 0.423 e. The standard InChI is InChI=1S/C43H53NO8Si/c1-8-29(23-30-21-27(2)39(47)28(3)22-30)19-20-36(46)37-31(24-34-38(35(37)25-45)41(49)44(40(34)48)42(50)51-7)26-52-53(43(4,5)6,32-15-11-9-12-16-32)33-17-13-10-14-18-33/h9-18,21-23,34-36,38,45-47H,8,19-20,24-26H2,1-7H3/b29-23+/t34-,35+,36-,38-/m1/s1. The number of allylic oxidation sites excluding steroid dienone is 1. The summed E-state index contributed by atoms with van der Waals surface area (Å²) in [5.41, 5.74) is 4.74. The fourth-order valence-corrected chi connectivity index (χ4v) is 13.0. The number of hydrogen-bond acceptors (Lipinski definition) is 8. The molecule has 1 heterocycles. The van der Waals surface area contributed by atoms with Crippen LogP contribution in [-0.2, 0) is 18.8 Å². The molecule has 1 saturated heterocycles. The Hall–Kier alpha value is -4.35. The molecule has 0 bridgehead atoms. The highest BCUT2D eigenvalue weighted by Gasteiger charge is 2.58. The molecule has 3 amide bonds. The molecule has 9 nitrogen and oxygen atoms in total. The van der Waals surface area contributed by atoms with Gasteiger partial charge >= 0.3 is 6.09 Å². The fourth-order valence-electron chi connectivity index (χ4n) is 8.46. The van der Waals surface area contributed by atoms with Crippen LogP contribution in [0.25, 0.3) is 6.08 Å². The first-order chi connectivity index (χ1) is 25.2. The van der Waals surface area contributed by atoms with E-state index in [1.807, 2.05) is 69.3 Å². The van der Waals surface area contributed by atoms with Gasteiger partial charge in [-0.05, 0) is 94.9 Å². The molecule has 5 rings (SSSR count). The SMILES string of the molecule is CC/C(=C\c1cc(C)c(O)c(C)c1)CC[C@@H](O)C1=C(CO[Si](c2ccccc2)(c2ccccc2)C(C)(C)C)C[C@H]2C(=O)N(C(=O)OC)C(=O)[C@H]2[C@H]1CO. The first-order valence-electron chi connectivity index (χ1n) is 18.4. The molecule has 0 spiro atoms. The van der Waals surface area contributed by atoms with E-state index in [9.17, 15) is 29.7 Å². The van der Waals surface area contributed by atoms with Crippen LogP contribution in [0.2, 0.25) is 5.04 Å². The summed E-state index contributed by atoms with van der Waals surface area (Å²) in [5.74, 6) is -3.99. The van der Waals surface area contributed by atoms with Crippen LogP contribution in [0.4, 0.5) is 4.79 Å². The molecule has 0 radical (unpaired) electrons. The second-order valence-electron chi connectivity index (χ2n) is 15.3. The number of carbonyl (C=O) groups is 3. The third-order valence-corrected chi connectivity index (χ3v) is 16.0. The van der Waals surface area contributed by atoms with Crippen LogP contribution >= 0.6 is 0 Å². The highest BCUT2D eigenvalue weighted by atomic mass is 28.4. The molecule has 3 aromatic carbocycles. The minimum absolute atomic E-state index is 0.0572. The van der Waals surface area contributed by atoms with Crippen LogP contribution in [0.3, 0.4) is 0 Å². The molecule has 0 unspecified atom stereocenters. The van der Waals surface area contributed by atoms with Crippen molar-refractivity contribution in [1.29, 1.82) is 0 Å². The summed E-state index contributed by atoms with van der Waals surface area (Å²) in [6, 6.07) is 24.2. The lowest BCUT2D eigenvalue weighted by Crippen LogP contribution is -2.66. The molecule has 3 N–H and O–H groups in total. The Morgan fingerprint density at radius 3 is 2.04 bits per heavy atom. The summed E-state index contributed by atoms with van der Waals surface area (Å²) < 4.78 is 12.1. The number of ether oxygens (including phenoxy) is 1. The van der Waals surface area contributed by atoms with E-state index in [0.29, 0.717) is 28.9 Å². The zero-order chi connectivity index (χ0) is 38.7. The predicted molar refractivity (Wildman–Crippen MR) is 208 cm³/mol. The van der Waals surface area contributed by atoms with Crippen LogP contribution < -0.4 is 10.4 Å². The third-order valence-electron chi connectivity index (χ3n) is 11.1. The van der Waals surface area contributed by atoms with Gasteiger partial charge in [-0.15, -0.1) is 0 Å². The van der Waals surface area contributed by atoms with Gasteiger partial charge in [-0.1, -0.05) is 100 Å². The first-order valence-corrected chi connectivity index (χ1v) is 20.3. The van der Waals surface area contributed by atoms with Crippen LogP contribution in [0.1, 0.15) is 70.1 Å². The largest absolute Gasteiger partial charge is 0.507 e. The minimum atomic E-state index is -3.07. The number of imide groups is 3. The zero-order valence-electron chi connectivity index (χ0n) is 31.9. The maximum atomic E-state index is 13.7. The highest BCUT2D eigenvalue weighted by molar-refractivity contribution is 6.99. The molecule has 0 saturated carbocycles. The summed E-state index contributed by atoms with van der Waals surface area (Å²) in [4.78, 5) is 40.7. The summed E-state index contributed by atoms with van der Waals surface area (Å²) in [6.45, 7) is 11.8. The Morgan fingerprint density at radius 1 is 0.981 bits per heavy atom. The van der Waals surface area contributed by atoms with E-state index in [1.54, 1.807) is 0 Å².